The highest BCUT2D eigenvalue weighted by Crippen LogP contribution is 2.46. The van der Waals surface area contributed by atoms with E-state index in [0.29, 0.717) is 17.7 Å². The molecule has 4 nitrogen and oxygen atoms in total. The van der Waals surface area contributed by atoms with E-state index in [4.69, 9.17) is 4.52 Å². The number of aromatic nitrogens is 1. The average molecular weight is 323 g/mol. The van der Waals surface area contributed by atoms with Crippen LogP contribution in [0.5, 0.6) is 0 Å². The minimum Gasteiger partial charge on any atom is -0.324 e. The molecule has 1 aromatic carbocycles. The first-order chi connectivity index (χ1) is 10.4. The van der Waals surface area contributed by atoms with Crippen molar-refractivity contribution < 1.29 is 18.4 Å². The van der Waals surface area contributed by atoms with E-state index >= 15 is 0 Å². The molecule has 0 spiro atoms. The van der Waals surface area contributed by atoms with Gasteiger partial charge in [-0.3, -0.25) is 9.55 Å². The number of nitrogens with zero attached hydrogens (tertiary/aromatic N) is 1. The topological polar surface area (TPSA) is 59.4 Å². The summed E-state index contributed by atoms with van der Waals surface area (Å²) in [6, 6.07) is 9.60. The van der Waals surface area contributed by atoms with Gasteiger partial charge < -0.3 is 9.42 Å². The summed E-state index contributed by atoms with van der Waals surface area (Å²) < 4.78 is 30.3. The van der Waals surface area contributed by atoms with Crippen LogP contribution < -0.4 is 0 Å². The first-order valence-corrected chi connectivity index (χ1v) is 8.87. The minimum atomic E-state index is -3.70. The van der Waals surface area contributed by atoms with Crippen molar-refractivity contribution in [2.45, 2.75) is 32.5 Å². The predicted octanol–water partition coefficient (Wildman–Crippen LogP) is 4.39. The van der Waals surface area contributed by atoms with Crippen molar-refractivity contribution in [3.63, 3.8) is 0 Å². The summed E-state index contributed by atoms with van der Waals surface area (Å²) in [4.78, 5) is 14.0. The molecular formula is C16H19FNO3P. The van der Waals surface area contributed by atoms with E-state index in [1.54, 1.807) is 37.4 Å². The summed E-state index contributed by atoms with van der Waals surface area (Å²) in [5.74, 6) is -0.316. The second kappa shape index (κ2) is 7.14. The molecule has 0 amide bonds. The highest BCUT2D eigenvalue weighted by Gasteiger charge is 2.23. The Bertz CT molecular complexity index is 675. The van der Waals surface area contributed by atoms with Crippen molar-refractivity contribution in [3.05, 3.63) is 54.1 Å². The summed E-state index contributed by atoms with van der Waals surface area (Å²) in [5.41, 5.74) is 1.93. The van der Waals surface area contributed by atoms with Crippen molar-refractivity contribution >= 4 is 7.60 Å². The zero-order valence-corrected chi connectivity index (χ0v) is 13.5. The lowest BCUT2D eigenvalue weighted by Crippen LogP contribution is -2.06. The maximum atomic E-state index is 13.2. The lowest BCUT2D eigenvalue weighted by Gasteiger charge is -2.16. The van der Waals surface area contributed by atoms with Crippen LogP contribution in [0, 0.1) is 5.82 Å². The van der Waals surface area contributed by atoms with E-state index in [1.807, 2.05) is 6.92 Å². The molecule has 2 atom stereocenters. The van der Waals surface area contributed by atoms with Crippen LogP contribution in [0.2, 0.25) is 0 Å². The summed E-state index contributed by atoms with van der Waals surface area (Å²) in [6.45, 7) is 3.64. The fourth-order valence-corrected chi connectivity index (χ4v) is 3.34. The van der Waals surface area contributed by atoms with E-state index in [-0.39, 0.29) is 18.1 Å². The van der Waals surface area contributed by atoms with Crippen molar-refractivity contribution in [2.75, 3.05) is 0 Å². The van der Waals surface area contributed by atoms with Gasteiger partial charge in [0.1, 0.15) is 5.82 Å². The quantitative estimate of drug-likeness (QED) is 0.801. The van der Waals surface area contributed by atoms with Crippen molar-refractivity contribution in [1.82, 2.24) is 4.98 Å². The Hall–Kier alpha value is -1.55. The van der Waals surface area contributed by atoms with Gasteiger partial charge in [0.15, 0.2) is 0 Å². The van der Waals surface area contributed by atoms with Gasteiger partial charge in [-0.2, -0.15) is 0 Å². The van der Waals surface area contributed by atoms with E-state index in [1.165, 1.54) is 12.1 Å². The second-order valence-corrected chi connectivity index (χ2v) is 6.97. The van der Waals surface area contributed by atoms with E-state index in [0.717, 1.165) is 5.56 Å². The average Bonchev–Trinajstić information content (AvgIpc) is 2.47. The number of pyridine rings is 1. The smallest absolute Gasteiger partial charge is 0.324 e. The molecule has 1 N–H and O–H groups in total. The number of halogens is 1. The molecular weight excluding hydrogens is 304 g/mol. The molecule has 1 aromatic heterocycles. The molecule has 2 unspecified atom stereocenters. The summed E-state index contributed by atoms with van der Waals surface area (Å²) in [5, 5.41) is 0. The molecule has 0 fully saturated rings. The number of rotatable bonds is 6. The lowest BCUT2D eigenvalue weighted by molar-refractivity contribution is 0.184. The van der Waals surface area contributed by atoms with Crippen LogP contribution in [0.1, 0.15) is 26.0 Å². The third-order valence-electron chi connectivity index (χ3n) is 3.26. The molecule has 0 saturated carbocycles. The summed E-state index contributed by atoms with van der Waals surface area (Å²) in [7, 11) is -3.70. The molecule has 0 saturated heterocycles. The van der Waals surface area contributed by atoms with Gasteiger partial charge in [0.05, 0.1) is 18.0 Å². The Balaban J connectivity index is 2.11. The number of hydrogen-bond acceptors (Lipinski definition) is 3. The summed E-state index contributed by atoms with van der Waals surface area (Å²) in [6.07, 6.45) is 1.81. The molecule has 1 heterocycles. The maximum absolute atomic E-state index is 13.2. The predicted molar refractivity (Wildman–Crippen MR) is 84.0 cm³/mol. The van der Waals surface area contributed by atoms with Crippen LogP contribution in [-0.2, 0) is 15.3 Å². The lowest BCUT2D eigenvalue weighted by atomic mass is 10.1. The molecule has 0 radical (unpaired) electrons. The molecule has 0 bridgehead atoms. The Morgan fingerprint density at radius 1 is 1.32 bits per heavy atom. The fourth-order valence-electron chi connectivity index (χ4n) is 1.95. The van der Waals surface area contributed by atoms with Crippen LogP contribution in [-0.4, -0.2) is 16.0 Å². The molecule has 22 heavy (non-hydrogen) atoms. The van der Waals surface area contributed by atoms with Gasteiger partial charge in [0.25, 0.3) is 0 Å². The minimum absolute atomic E-state index is 0.138. The Labute approximate surface area is 129 Å². The molecule has 118 valence electrons. The van der Waals surface area contributed by atoms with Gasteiger partial charge >= 0.3 is 7.60 Å². The third-order valence-corrected chi connectivity index (χ3v) is 4.68. The SMILES string of the molecule is CCC(C)OP(=O)(O)Cc1ccc(-c2cccc(F)c2)cn1. The zero-order chi connectivity index (χ0) is 16.2. The largest absolute Gasteiger partial charge is 0.334 e. The first kappa shape index (κ1) is 16.8. The molecule has 2 rings (SSSR count). The second-order valence-electron chi connectivity index (χ2n) is 5.17. The van der Waals surface area contributed by atoms with E-state index in [2.05, 4.69) is 4.98 Å². The van der Waals surface area contributed by atoms with E-state index < -0.39 is 7.60 Å². The molecule has 0 aliphatic rings. The highest BCUT2D eigenvalue weighted by atomic mass is 31.2. The van der Waals surface area contributed by atoms with Crippen molar-refractivity contribution in [2.24, 2.45) is 0 Å². The van der Waals surface area contributed by atoms with Gasteiger partial charge in [-0.15, -0.1) is 0 Å². The Morgan fingerprint density at radius 2 is 2.09 bits per heavy atom. The van der Waals surface area contributed by atoms with Crippen LogP contribution in [0.15, 0.2) is 42.6 Å². The molecule has 0 aliphatic carbocycles. The van der Waals surface area contributed by atoms with E-state index in [9.17, 15) is 13.8 Å². The van der Waals surface area contributed by atoms with Gasteiger partial charge in [0.2, 0.25) is 0 Å². The number of hydrogen-bond donors (Lipinski definition) is 1. The van der Waals surface area contributed by atoms with Crippen molar-refractivity contribution in [3.8, 4) is 11.1 Å². The van der Waals surface area contributed by atoms with Crippen LogP contribution in [0.3, 0.4) is 0 Å². The molecule has 0 aliphatic heterocycles. The standard InChI is InChI=1S/C16H19FNO3P/c1-3-12(2)21-22(19,20)11-16-8-7-14(10-18-16)13-5-4-6-15(17)9-13/h4-10,12H,3,11H2,1-2H3,(H,19,20). The zero-order valence-electron chi connectivity index (χ0n) is 12.6. The molecule has 2 aromatic rings. The maximum Gasteiger partial charge on any atom is 0.334 e. The van der Waals surface area contributed by atoms with Gasteiger partial charge in [-0.05, 0) is 37.1 Å². The third kappa shape index (κ3) is 4.73. The van der Waals surface area contributed by atoms with Crippen LogP contribution >= 0.6 is 7.60 Å². The fraction of sp³-hybridized carbons (Fsp3) is 0.312. The van der Waals surface area contributed by atoms with Crippen LogP contribution in [0.4, 0.5) is 4.39 Å². The Morgan fingerprint density at radius 3 is 2.68 bits per heavy atom. The van der Waals surface area contributed by atoms with Gasteiger partial charge in [0, 0.05) is 11.8 Å². The Kier molecular flexibility index (Phi) is 5.46. The van der Waals surface area contributed by atoms with Gasteiger partial charge in [-0.1, -0.05) is 25.1 Å². The van der Waals surface area contributed by atoms with Crippen molar-refractivity contribution in [1.29, 1.82) is 0 Å². The van der Waals surface area contributed by atoms with Gasteiger partial charge in [-0.25, -0.2) is 4.39 Å². The monoisotopic (exact) mass is 323 g/mol. The van der Waals surface area contributed by atoms with Crippen LogP contribution in [0.25, 0.3) is 11.1 Å². The summed E-state index contributed by atoms with van der Waals surface area (Å²) >= 11 is 0. The molecule has 6 heteroatoms. The number of benzene rings is 1. The normalized spacial score (nSPS) is 15.3. The highest BCUT2D eigenvalue weighted by molar-refractivity contribution is 7.51. The first-order valence-electron chi connectivity index (χ1n) is 7.10.